The Balaban J connectivity index is 2.28. The van der Waals surface area contributed by atoms with Gasteiger partial charge in [-0.2, -0.15) is 0 Å². The van der Waals surface area contributed by atoms with Gasteiger partial charge in [-0.25, -0.2) is 0 Å². The number of aryl methyl sites for hydroxylation is 1. The summed E-state index contributed by atoms with van der Waals surface area (Å²) >= 11 is 0. The van der Waals surface area contributed by atoms with Crippen LogP contribution in [0.1, 0.15) is 24.1 Å². The first-order valence-corrected chi connectivity index (χ1v) is 6.83. The predicted octanol–water partition coefficient (Wildman–Crippen LogP) is 3.89. The molecular formula is C17H21NO3. The molecule has 0 aliphatic rings. The fraction of sp³-hybridized carbons (Fsp3) is 0.294. The van der Waals surface area contributed by atoms with Crippen molar-refractivity contribution in [3.05, 3.63) is 47.5 Å². The van der Waals surface area contributed by atoms with Gasteiger partial charge in [-0.15, -0.1) is 0 Å². The van der Waals surface area contributed by atoms with Crippen molar-refractivity contribution in [1.82, 2.24) is 0 Å². The molecule has 4 nitrogen and oxygen atoms in total. The third kappa shape index (κ3) is 3.40. The molecule has 0 bridgehead atoms. The second-order valence-corrected chi connectivity index (χ2v) is 4.99. The molecule has 0 saturated heterocycles. The Morgan fingerprint density at radius 3 is 2.43 bits per heavy atom. The number of methoxy groups -OCH3 is 2. The highest BCUT2D eigenvalue weighted by molar-refractivity contribution is 5.61. The first kappa shape index (κ1) is 15.0. The van der Waals surface area contributed by atoms with E-state index in [4.69, 9.17) is 9.47 Å². The zero-order chi connectivity index (χ0) is 15.4. The van der Waals surface area contributed by atoms with Crippen molar-refractivity contribution in [3.63, 3.8) is 0 Å². The number of rotatable bonds is 5. The molecule has 0 aliphatic carbocycles. The molecule has 0 aliphatic heterocycles. The molecule has 0 fully saturated rings. The number of phenols is 1. The molecule has 0 amide bonds. The van der Waals surface area contributed by atoms with Gasteiger partial charge in [0.1, 0.15) is 17.2 Å². The number of benzene rings is 2. The lowest BCUT2D eigenvalue weighted by Gasteiger charge is -2.19. The minimum absolute atomic E-state index is 0.0633. The first-order valence-electron chi connectivity index (χ1n) is 6.83. The summed E-state index contributed by atoms with van der Waals surface area (Å²) in [4.78, 5) is 0. The van der Waals surface area contributed by atoms with Crippen LogP contribution in [0.4, 0.5) is 5.69 Å². The van der Waals surface area contributed by atoms with Crippen LogP contribution < -0.4 is 14.8 Å². The van der Waals surface area contributed by atoms with Crippen molar-refractivity contribution in [3.8, 4) is 17.2 Å². The van der Waals surface area contributed by atoms with Gasteiger partial charge in [-0.1, -0.05) is 12.1 Å². The van der Waals surface area contributed by atoms with Crippen molar-refractivity contribution >= 4 is 5.69 Å². The van der Waals surface area contributed by atoms with Crippen molar-refractivity contribution in [2.75, 3.05) is 19.5 Å². The zero-order valence-corrected chi connectivity index (χ0v) is 12.8. The third-order valence-electron chi connectivity index (χ3n) is 3.43. The highest BCUT2D eigenvalue weighted by Crippen LogP contribution is 2.34. The normalized spacial score (nSPS) is 11.8. The standard InChI is InChI=1S/C17H21NO3/c1-11-5-7-14(16(19)9-11)12(2)18-15-10-13(20-3)6-8-17(15)21-4/h5-10,12,18-19H,1-4H3. The second kappa shape index (κ2) is 6.39. The predicted molar refractivity (Wildman–Crippen MR) is 84.4 cm³/mol. The Labute approximate surface area is 125 Å². The van der Waals surface area contributed by atoms with Gasteiger partial charge in [-0.05, 0) is 37.6 Å². The highest BCUT2D eigenvalue weighted by atomic mass is 16.5. The van der Waals surface area contributed by atoms with Gasteiger partial charge in [-0.3, -0.25) is 0 Å². The van der Waals surface area contributed by atoms with Gasteiger partial charge in [0.25, 0.3) is 0 Å². The van der Waals surface area contributed by atoms with E-state index in [-0.39, 0.29) is 11.8 Å². The van der Waals surface area contributed by atoms with Crippen LogP contribution in [0.2, 0.25) is 0 Å². The van der Waals surface area contributed by atoms with E-state index in [0.717, 1.165) is 28.3 Å². The molecule has 2 aromatic rings. The maximum atomic E-state index is 10.1. The summed E-state index contributed by atoms with van der Waals surface area (Å²) in [5, 5.41) is 13.4. The van der Waals surface area contributed by atoms with E-state index >= 15 is 0 Å². The molecule has 0 saturated carbocycles. The monoisotopic (exact) mass is 287 g/mol. The number of hydrogen-bond acceptors (Lipinski definition) is 4. The molecule has 1 unspecified atom stereocenters. The summed E-state index contributed by atoms with van der Waals surface area (Å²) in [5.41, 5.74) is 2.69. The van der Waals surface area contributed by atoms with E-state index in [2.05, 4.69) is 5.32 Å². The van der Waals surface area contributed by atoms with Crippen molar-refractivity contribution in [1.29, 1.82) is 0 Å². The Bertz CT molecular complexity index is 625. The lowest BCUT2D eigenvalue weighted by atomic mass is 10.0. The van der Waals surface area contributed by atoms with E-state index in [1.165, 1.54) is 0 Å². The Morgan fingerprint density at radius 2 is 1.81 bits per heavy atom. The van der Waals surface area contributed by atoms with Gasteiger partial charge in [0.05, 0.1) is 25.9 Å². The van der Waals surface area contributed by atoms with Gasteiger partial charge in [0.15, 0.2) is 0 Å². The van der Waals surface area contributed by atoms with Crippen LogP contribution in [0.3, 0.4) is 0 Å². The third-order valence-corrected chi connectivity index (χ3v) is 3.43. The number of anilines is 1. The van der Waals surface area contributed by atoms with Crippen molar-refractivity contribution in [2.45, 2.75) is 19.9 Å². The number of phenolic OH excluding ortho intramolecular Hbond substituents is 1. The van der Waals surface area contributed by atoms with Crippen LogP contribution in [0, 0.1) is 6.92 Å². The Hall–Kier alpha value is -2.36. The van der Waals surface area contributed by atoms with Crippen LogP contribution in [0.15, 0.2) is 36.4 Å². The molecule has 0 heterocycles. The quantitative estimate of drug-likeness (QED) is 0.876. The highest BCUT2D eigenvalue weighted by Gasteiger charge is 2.13. The maximum Gasteiger partial charge on any atom is 0.142 e. The molecule has 0 aromatic heterocycles. The maximum absolute atomic E-state index is 10.1. The summed E-state index contributed by atoms with van der Waals surface area (Å²) < 4.78 is 10.6. The molecular weight excluding hydrogens is 266 g/mol. The van der Waals surface area contributed by atoms with Crippen LogP contribution in [0.5, 0.6) is 17.2 Å². The minimum atomic E-state index is -0.0633. The molecule has 112 valence electrons. The Kier molecular flexibility index (Phi) is 4.58. The molecule has 0 radical (unpaired) electrons. The lowest BCUT2D eigenvalue weighted by Crippen LogP contribution is -2.08. The number of aromatic hydroxyl groups is 1. The largest absolute Gasteiger partial charge is 0.508 e. The molecule has 2 aromatic carbocycles. The van der Waals surface area contributed by atoms with E-state index < -0.39 is 0 Å². The van der Waals surface area contributed by atoms with E-state index in [1.54, 1.807) is 20.3 Å². The summed E-state index contributed by atoms with van der Waals surface area (Å²) in [6.07, 6.45) is 0. The number of hydrogen-bond donors (Lipinski definition) is 2. The van der Waals surface area contributed by atoms with E-state index in [1.807, 2.05) is 44.2 Å². The smallest absolute Gasteiger partial charge is 0.142 e. The van der Waals surface area contributed by atoms with Gasteiger partial charge >= 0.3 is 0 Å². The van der Waals surface area contributed by atoms with E-state index in [0.29, 0.717) is 0 Å². The molecule has 21 heavy (non-hydrogen) atoms. The molecule has 2 N–H and O–H groups in total. The van der Waals surface area contributed by atoms with Gasteiger partial charge < -0.3 is 19.9 Å². The fourth-order valence-corrected chi connectivity index (χ4v) is 2.26. The average molecular weight is 287 g/mol. The Morgan fingerprint density at radius 1 is 1.05 bits per heavy atom. The summed E-state index contributed by atoms with van der Waals surface area (Å²) in [6.45, 7) is 3.94. The molecule has 4 heteroatoms. The lowest BCUT2D eigenvalue weighted by molar-refractivity contribution is 0.404. The van der Waals surface area contributed by atoms with Crippen LogP contribution in [0.25, 0.3) is 0 Å². The zero-order valence-electron chi connectivity index (χ0n) is 12.8. The number of nitrogens with one attached hydrogen (secondary N) is 1. The van der Waals surface area contributed by atoms with Crippen LogP contribution >= 0.6 is 0 Å². The SMILES string of the molecule is COc1ccc(OC)c(NC(C)c2ccc(C)cc2O)c1. The van der Waals surface area contributed by atoms with Gasteiger partial charge in [0, 0.05) is 11.6 Å². The number of ether oxygens (including phenoxy) is 2. The molecule has 1 atom stereocenters. The van der Waals surface area contributed by atoms with Crippen LogP contribution in [-0.4, -0.2) is 19.3 Å². The van der Waals surface area contributed by atoms with Crippen molar-refractivity contribution < 1.29 is 14.6 Å². The summed E-state index contributed by atoms with van der Waals surface area (Å²) in [5.74, 6) is 1.77. The van der Waals surface area contributed by atoms with E-state index in [9.17, 15) is 5.11 Å². The molecule has 2 rings (SSSR count). The minimum Gasteiger partial charge on any atom is -0.508 e. The van der Waals surface area contributed by atoms with Crippen LogP contribution in [-0.2, 0) is 0 Å². The van der Waals surface area contributed by atoms with Gasteiger partial charge in [0.2, 0.25) is 0 Å². The average Bonchev–Trinajstić information content (AvgIpc) is 2.46. The second-order valence-electron chi connectivity index (χ2n) is 4.99. The topological polar surface area (TPSA) is 50.7 Å². The summed E-state index contributed by atoms with van der Waals surface area (Å²) in [6, 6.07) is 11.2. The fourth-order valence-electron chi connectivity index (χ4n) is 2.26. The molecule has 0 spiro atoms. The first-order chi connectivity index (χ1) is 10.0. The van der Waals surface area contributed by atoms with Crippen molar-refractivity contribution in [2.24, 2.45) is 0 Å². The summed E-state index contributed by atoms with van der Waals surface area (Å²) in [7, 11) is 3.25.